The summed E-state index contributed by atoms with van der Waals surface area (Å²) in [6.07, 6.45) is 4.58. The molecule has 0 fully saturated rings. The van der Waals surface area contributed by atoms with Gasteiger partial charge in [-0.25, -0.2) is 14.5 Å². The topological polar surface area (TPSA) is 95.8 Å². The number of benzene rings is 1. The molecule has 0 saturated heterocycles. The van der Waals surface area contributed by atoms with Crippen LogP contribution in [0.5, 0.6) is 0 Å². The van der Waals surface area contributed by atoms with Gasteiger partial charge in [-0.2, -0.15) is 5.10 Å². The van der Waals surface area contributed by atoms with Gasteiger partial charge in [0.05, 0.1) is 17.9 Å². The van der Waals surface area contributed by atoms with Crippen LogP contribution < -0.4 is 10.6 Å². The zero-order valence-corrected chi connectivity index (χ0v) is 18.3. The minimum atomic E-state index is 0.585. The molecule has 0 radical (unpaired) electrons. The maximum atomic E-state index is 4.93. The average Bonchev–Trinajstić information content (AvgIpc) is 3.49. The van der Waals surface area contributed by atoms with Gasteiger partial charge in [-0.1, -0.05) is 12.1 Å². The summed E-state index contributed by atoms with van der Waals surface area (Å²) in [5.41, 5.74) is 9.21. The van der Waals surface area contributed by atoms with Gasteiger partial charge < -0.3 is 15.6 Å². The van der Waals surface area contributed by atoms with Crippen molar-refractivity contribution in [2.75, 3.05) is 11.9 Å². The van der Waals surface area contributed by atoms with Crippen molar-refractivity contribution in [3.63, 3.8) is 0 Å². The second kappa shape index (κ2) is 8.14. The van der Waals surface area contributed by atoms with Gasteiger partial charge in [0.2, 0.25) is 0 Å². The third kappa shape index (κ3) is 3.85. The molecule has 1 aliphatic rings. The second-order valence-electron chi connectivity index (χ2n) is 8.32. The van der Waals surface area contributed by atoms with Crippen molar-refractivity contribution < 1.29 is 0 Å². The Hall–Kier alpha value is -4.04. The number of pyridine rings is 2. The number of fused-ring (bicyclic) bond motifs is 2. The van der Waals surface area contributed by atoms with Gasteiger partial charge in [0.15, 0.2) is 5.65 Å². The number of hydrogen-bond donors (Lipinski definition) is 3. The summed E-state index contributed by atoms with van der Waals surface area (Å²) < 4.78 is 1.77. The predicted molar refractivity (Wildman–Crippen MR) is 128 cm³/mol. The molecule has 0 saturated carbocycles. The van der Waals surface area contributed by atoms with Crippen molar-refractivity contribution in [1.29, 1.82) is 0 Å². The van der Waals surface area contributed by atoms with Crippen LogP contribution in [0.25, 0.3) is 28.3 Å². The van der Waals surface area contributed by atoms with E-state index in [1.807, 2.05) is 43.5 Å². The van der Waals surface area contributed by atoms with Gasteiger partial charge in [0.1, 0.15) is 17.8 Å². The molecule has 4 aromatic heterocycles. The lowest BCUT2D eigenvalue weighted by molar-refractivity contribution is 0.644. The molecule has 5 heterocycles. The highest BCUT2D eigenvalue weighted by molar-refractivity contribution is 5.77. The summed E-state index contributed by atoms with van der Waals surface area (Å²) in [6, 6.07) is 16.6. The SMILES string of the molecule is Cc1cccc(-c2nc(CNc3ccc4c(c3)CCNC4)[nH]c2-c2ccc3ncnn3c2)n1. The molecule has 33 heavy (non-hydrogen) atoms. The molecule has 1 aliphatic heterocycles. The fourth-order valence-corrected chi connectivity index (χ4v) is 4.31. The second-order valence-corrected chi connectivity index (χ2v) is 8.32. The van der Waals surface area contributed by atoms with E-state index in [2.05, 4.69) is 43.9 Å². The Morgan fingerprint density at radius 1 is 1.06 bits per heavy atom. The Morgan fingerprint density at radius 2 is 2.03 bits per heavy atom. The number of rotatable bonds is 5. The van der Waals surface area contributed by atoms with Crippen LogP contribution in [-0.4, -0.2) is 36.1 Å². The van der Waals surface area contributed by atoms with E-state index in [-0.39, 0.29) is 0 Å². The summed E-state index contributed by atoms with van der Waals surface area (Å²) >= 11 is 0. The lowest BCUT2D eigenvalue weighted by atomic mass is 10.0. The van der Waals surface area contributed by atoms with Crippen molar-refractivity contribution in [2.45, 2.75) is 26.4 Å². The van der Waals surface area contributed by atoms with Gasteiger partial charge in [0, 0.05) is 29.7 Å². The lowest BCUT2D eigenvalue weighted by Crippen LogP contribution is -2.23. The molecule has 0 bridgehead atoms. The van der Waals surface area contributed by atoms with Gasteiger partial charge >= 0.3 is 0 Å². The van der Waals surface area contributed by atoms with Gasteiger partial charge in [-0.15, -0.1) is 0 Å². The van der Waals surface area contributed by atoms with E-state index < -0.39 is 0 Å². The molecule has 8 nitrogen and oxygen atoms in total. The molecule has 8 heteroatoms. The number of H-pyrrole nitrogens is 1. The number of hydrogen-bond acceptors (Lipinski definition) is 6. The van der Waals surface area contributed by atoms with E-state index >= 15 is 0 Å². The van der Waals surface area contributed by atoms with Crippen LogP contribution in [-0.2, 0) is 19.5 Å². The maximum Gasteiger partial charge on any atom is 0.155 e. The van der Waals surface area contributed by atoms with Crippen LogP contribution in [0.1, 0.15) is 22.6 Å². The van der Waals surface area contributed by atoms with E-state index in [0.29, 0.717) is 6.54 Å². The Kier molecular flexibility index (Phi) is 4.84. The van der Waals surface area contributed by atoms with E-state index in [9.17, 15) is 0 Å². The third-order valence-electron chi connectivity index (χ3n) is 6.00. The fraction of sp³-hybridized carbons (Fsp3) is 0.200. The standard InChI is InChI=1S/C25H24N8/c1-16-3-2-4-21(30-16)25-24(19-6-8-23-28-15-29-33(23)14-19)31-22(32-25)13-27-20-7-5-18-12-26-10-9-17(18)11-20/h2-8,11,14-15,26-27H,9-10,12-13H2,1H3,(H,31,32). The van der Waals surface area contributed by atoms with Gasteiger partial charge in [-0.05, 0) is 67.4 Å². The van der Waals surface area contributed by atoms with E-state index in [0.717, 1.165) is 65.0 Å². The first-order chi connectivity index (χ1) is 16.2. The molecule has 0 amide bonds. The zero-order chi connectivity index (χ0) is 22.2. The highest BCUT2D eigenvalue weighted by atomic mass is 15.3. The first-order valence-corrected chi connectivity index (χ1v) is 11.1. The lowest BCUT2D eigenvalue weighted by Gasteiger charge is -2.18. The van der Waals surface area contributed by atoms with Crippen LogP contribution in [0.4, 0.5) is 5.69 Å². The smallest absolute Gasteiger partial charge is 0.155 e. The Labute approximate surface area is 191 Å². The van der Waals surface area contributed by atoms with Crippen molar-refractivity contribution in [3.8, 4) is 22.6 Å². The number of imidazole rings is 1. The van der Waals surface area contributed by atoms with Crippen LogP contribution in [0, 0.1) is 6.92 Å². The monoisotopic (exact) mass is 436 g/mol. The summed E-state index contributed by atoms with van der Waals surface area (Å²) in [7, 11) is 0. The van der Waals surface area contributed by atoms with Crippen molar-refractivity contribution in [2.24, 2.45) is 0 Å². The molecular weight excluding hydrogens is 412 g/mol. The highest BCUT2D eigenvalue weighted by Crippen LogP contribution is 2.30. The molecular formula is C25H24N8. The number of aromatic amines is 1. The fourth-order valence-electron chi connectivity index (χ4n) is 4.31. The van der Waals surface area contributed by atoms with Gasteiger partial charge in [-0.3, -0.25) is 4.98 Å². The number of anilines is 1. The van der Waals surface area contributed by atoms with Crippen LogP contribution in [0.2, 0.25) is 0 Å². The molecule has 0 atom stereocenters. The number of aromatic nitrogens is 6. The zero-order valence-electron chi connectivity index (χ0n) is 18.3. The first-order valence-electron chi connectivity index (χ1n) is 11.1. The average molecular weight is 437 g/mol. The number of aryl methyl sites for hydroxylation is 1. The molecule has 5 aromatic rings. The van der Waals surface area contributed by atoms with Gasteiger partial charge in [0.25, 0.3) is 0 Å². The van der Waals surface area contributed by atoms with E-state index in [1.165, 1.54) is 11.1 Å². The van der Waals surface area contributed by atoms with E-state index in [1.54, 1.807) is 10.8 Å². The summed E-state index contributed by atoms with van der Waals surface area (Å²) in [5.74, 6) is 0.849. The van der Waals surface area contributed by atoms with Crippen molar-refractivity contribution >= 4 is 11.3 Å². The molecule has 3 N–H and O–H groups in total. The maximum absolute atomic E-state index is 4.93. The molecule has 0 aliphatic carbocycles. The molecule has 164 valence electrons. The Bertz CT molecular complexity index is 1450. The highest BCUT2D eigenvalue weighted by Gasteiger charge is 2.17. The Morgan fingerprint density at radius 3 is 2.97 bits per heavy atom. The molecule has 0 unspecified atom stereocenters. The predicted octanol–water partition coefficient (Wildman–Crippen LogP) is 3.75. The number of nitrogens with zero attached hydrogens (tertiary/aromatic N) is 5. The normalized spacial score (nSPS) is 13.2. The number of nitrogens with one attached hydrogen (secondary N) is 3. The molecule has 0 spiro atoms. The van der Waals surface area contributed by atoms with Crippen molar-refractivity contribution in [3.05, 3.63) is 83.7 Å². The summed E-state index contributed by atoms with van der Waals surface area (Å²) in [6.45, 7) is 4.55. The van der Waals surface area contributed by atoms with Crippen LogP contribution in [0.15, 0.2) is 61.1 Å². The minimum absolute atomic E-state index is 0.585. The summed E-state index contributed by atoms with van der Waals surface area (Å²) in [5, 5.41) is 11.2. The molecule has 6 rings (SSSR count). The molecule has 1 aromatic carbocycles. The van der Waals surface area contributed by atoms with E-state index in [4.69, 9.17) is 9.97 Å². The van der Waals surface area contributed by atoms with Crippen molar-refractivity contribution in [1.82, 2.24) is 34.9 Å². The first kappa shape index (κ1) is 19.6. The third-order valence-corrected chi connectivity index (χ3v) is 6.00. The minimum Gasteiger partial charge on any atom is -0.378 e. The largest absolute Gasteiger partial charge is 0.378 e. The van der Waals surface area contributed by atoms with Crippen LogP contribution in [0.3, 0.4) is 0 Å². The summed E-state index contributed by atoms with van der Waals surface area (Å²) in [4.78, 5) is 17.4. The van der Waals surface area contributed by atoms with Crippen LogP contribution >= 0.6 is 0 Å². The Balaban J connectivity index is 1.34. The quantitative estimate of drug-likeness (QED) is 0.388.